The molecule has 4 aromatic rings. The van der Waals surface area contributed by atoms with Crippen LogP contribution in [0.4, 0.5) is 0 Å². The molecule has 0 spiro atoms. The lowest BCUT2D eigenvalue weighted by atomic mass is 9.84. The first-order chi connectivity index (χ1) is 19.2. The molecular formula is C33H40N4O3. The number of nitrogens with one attached hydrogen (secondary N) is 1. The third kappa shape index (κ3) is 7.66. The van der Waals surface area contributed by atoms with Crippen molar-refractivity contribution in [1.82, 2.24) is 14.9 Å². The van der Waals surface area contributed by atoms with Crippen LogP contribution in [0.5, 0.6) is 0 Å². The number of hydrogen-bond acceptors (Lipinski definition) is 4. The standard InChI is InChI=1S/C33H40N4O3/c1-33(2,3)31(37(40,21-13-20-34-22-30(38)39)25-27-16-9-5-10-17-27)32-35-29(28-18-11-6-12-19-28)24-36(32)23-26-14-7-4-8-15-26/h4-12,14-19,24,31,34H,13,20-23,25H2,1-3H3,(H,38,39). The Morgan fingerprint density at radius 2 is 1.52 bits per heavy atom. The second-order valence-corrected chi connectivity index (χ2v) is 11.5. The Hall–Kier alpha value is -3.78. The van der Waals surface area contributed by atoms with Crippen LogP contribution in [0.15, 0.2) is 97.2 Å². The van der Waals surface area contributed by atoms with E-state index in [-0.39, 0.29) is 6.54 Å². The van der Waals surface area contributed by atoms with E-state index in [0.29, 0.717) is 32.6 Å². The van der Waals surface area contributed by atoms with Crippen molar-refractivity contribution < 1.29 is 14.5 Å². The van der Waals surface area contributed by atoms with Gasteiger partial charge in [0.05, 0.1) is 18.8 Å². The topological polar surface area (TPSA) is 90.2 Å². The summed E-state index contributed by atoms with van der Waals surface area (Å²) in [6.45, 7) is 7.88. The Bertz CT molecular complexity index is 1350. The van der Waals surface area contributed by atoms with Crippen LogP contribution in [0.3, 0.4) is 0 Å². The molecule has 0 saturated heterocycles. The third-order valence-electron chi connectivity index (χ3n) is 7.07. The molecular weight excluding hydrogens is 500 g/mol. The Balaban J connectivity index is 1.79. The Labute approximate surface area is 237 Å². The highest BCUT2D eigenvalue weighted by Crippen LogP contribution is 2.44. The van der Waals surface area contributed by atoms with Crippen LogP contribution in [0.25, 0.3) is 11.3 Å². The Morgan fingerprint density at radius 1 is 0.950 bits per heavy atom. The number of imidazole rings is 1. The van der Waals surface area contributed by atoms with Crippen LogP contribution < -0.4 is 5.32 Å². The van der Waals surface area contributed by atoms with E-state index < -0.39 is 22.1 Å². The number of quaternary nitrogens is 1. The van der Waals surface area contributed by atoms with E-state index in [2.05, 4.69) is 49.0 Å². The highest BCUT2D eigenvalue weighted by Gasteiger charge is 2.43. The minimum Gasteiger partial charge on any atom is -0.632 e. The van der Waals surface area contributed by atoms with Gasteiger partial charge >= 0.3 is 5.97 Å². The number of aromatic nitrogens is 2. The van der Waals surface area contributed by atoms with Gasteiger partial charge in [-0.2, -0.15) is 0 Å². The quantitative estimate of drug-likeness (QED) is 0.119. The fourth-order valence-corrected chi connectivity index (χ4v) is 5.47. The molecule has 7 nitrogen and oxygen atoms in total. The fourth-order valence-electron chi connectivity index (χ4n) is 5.47. The maximum absolute atomic E-state index is 15.2. The molecule has 1 aromatic heterocycles. The van der Waals surface area contributed by atoms with Gasteiger partial charge in [0.25, 0.3) is 0 Å². The van der Waals surface area contributed by atoms with Crippen molar-refractivity contribution >= 4 is 5.97 Å². The molecule has 0 aliphatic rings. The van der Waals surface area contributed by atoms with E-state index in [1.165, 1.54) is 0 Å². The zero-order valence-electron chi connectivity index (χ0n) is 23.7. The molecule has 7 heteroatoms. The smallest absolute Gasteiger partial charge is 0.317 e. The predicted molar refractivity (Wildman–Crippen MR) is 159 cm³/mol. The summed E-state index contributed by atoms with van der Waals surface area (Å²) in [7, 11) is 0. The van der Waals surface area contributed by atoms with Gasteiger partial charge in [-0.05, 0) is 5.56 Å². The van der Waals surface area contributed by atoms with Crippen molar-refractivity contribution in [3.63, 3.8) is 0 Å². The molecule has 210 valence electrons. The summed E-state index contributed by atoms with van der Waals surface area (Å²) in [5, 5.41) is 27.2. The molecule has 4 rings (SSSR count). The summed E-state index contributed by atoms with van der Waals surface area (Å²) < 4.78 is 1.65. The molecule has 0 bridgehead atoms. The summed E-state index contributed by atoms with van der Waals surface area (Å²) in [6.07, 6.45) is 2.61. The number of carbonyl (C=O) groups is 1. The first-order valence-electron chi connectivity index (χ1n) is 13.9. The number of hydrogen-bond donors (Lipinski definition) is 2. The molecule has 2 N–H and O–H groups in total. The Kier molecular flexibility index (Phi) is 9.53. The van der Waals surface area contributed by atoms with Gasteiger partial charge in [-0.15, -0.1) is 0 Å². The van der Waals surface area contributed by atoms with Gasteiger partial charge in [-0.25, -0.2) is 4.98 Å². The number of benzene rings is 3. The lowest BCUT2D eigenvalue weighted by Gasteiger charge is -2.53. The number of carboxylic acid groups (broad SMARTS) is 1. The maximum Gasteiger partial charge on any atom is 0.317 e. The van der Waals surface area contributed by atoms with Gasteiger partial charge in [-0.1, -0.05) is 112 Å². The zero-order valence-corrected chi connectivity index (χ0v) is 23.7. The van der Waals surface area contributed by atoms with Crippen molar-refractivity contribution in [3.05, 3.63) is 119 Å². The molecule has 0 fully saturated rings. The van der Waals surface area contributed by atoms with Gasteiger partial charge in [0.15, 0.2) is 11.9 Å². The van der Waals surface area contributed by atoms with Crippen LogP contribution in [0, 0.1) is 10.6 Å². The summed E-state index contributed by atoms with van der Waals surface area (Å²) in [5.41, 5.74) is 3.54. The van der Waals surface area contributed by atoms with Crippen molar-refractivity contribution in [2.45, 2.75) is 46.3 Å². The SMILES string of the molecule is CC(C)(C)C(c1nc(-c2ccccc2)cn1Cc1ccccc1)[N+]([O-])(CCCNCC(=O)O)Cc1ccccc1. The first kappa shape index (κ1) is 29.2. The zero-order chi connectivity index (χ0) is 28.6. The molecule has 0 radical (unpaired) electrons. The monoisotopic (exact) mass is 540 g/mol. The van der Waals surface area contributed by atoms with E-state index in [4.69, 9.17) is 10.1 Å². The number of rotatable bonds is 13. The highest BCUT2D eigenvalue weighted by molar-refractivity contribution is 5.68. The molecule has 3 aromatic carbocycles. The predicted octanol–water partition coefficient (Wildman–Crippen LogP) is 6.26. The minimum absolute atomic E-state index is 0.123. The third-order valence-corrected chi connectivity index (χ3v) is 7.07. The number of carboxylic acids is 1. The molecule has 0 aliphatic carbocycles. The lowest BCUT2D eigenvalue weighted by molar-refractivity contribution is -0.932. The molecule has 2 atom stereocenters. The van der Waals surface area contributed by atoms with E-state index in [9.17, 15) is 4.79 Å². The van der Waals surface area contributed by atoms with Gasteiger partial charge in [-0.3, -0.25) is 4.79 Å². The first-order valence-corrected chi connectivity index (χ1v) is 13.9. The minimum atomic E-state index is -0.906. The van der Waals surface area contributed by atoms with Crippen LogP contribution >= 0.6 is 0 Å². The van der Waals surface area contributed by atoms with Crippen LogP contribution in [0.1, 0.15) is 50.2 Å². The average Bonchev–Trinajstić information content (AvgIpc) is 3.31. The van der Waals surface area contributed by atoms with E-state index >= 15 is 5.21 Å². The fraction of sp³-hybridized carbons (Fsp3) is 0.333. The number of nitrogens with zero attached hydrogens (tertiary/aromatic N) is 3. The molecule has 1 heterocycles. The Morgan fingerprint density at radius 3 is 2.10 bits per heavy atom. The molecule has 40 heavy (non-hydrogen) atoms. The highest BCUT2D eigenvalue weighted by atomic mass is 16.5. The van der Waals surface area contributed by atoms with E-state index in [1.807, 2.05) is 78.9 Å². The van der Waals surface area contributed by atoms with Crippen molar-refractivity contribution in [2.24, 2.45) is 5.41 Å². The van der Waals surface area contributed by atoms with E-state index in [1.54, 1.807) is 0 Å². The maximum atomic E-state index is 15.2. The normalized spacial score (nSPS) is 14.0. The van der Waals surface area contributed by atoms with Crippen LogP contribution in [-0.4, -0.2) is 44.9 Å². The molecule has 0 saturated carbocycles. The molecule has 0 amide bonds. The van der Waals surface area contributed by atoms with Crippen molar-refractivity contribution in [1.29, 1.82) is 0 Å². The van der Waals surface area contributed by atoms with Crippen molar-refractivity contribution in [2.75, 3.05) is 19.6 Å². The van der Waals surface area contributed by atoms with Gasteiger partial charge < -0.3 is 24.8 Å². The number of aliphatic carboxylic acids is 1. The second-order valence-electron chi connectivity index (χ2n) is 11.5. The summed E-state index contributed by atoms with van der Waals surface area (Å²) in [4.78, 5) is 16.2. The van der Waals surface area contributed by atoms with Crippen LogP contribution in [-0.2, 0) is 17.9 Å². The molecule has 2 unspecified atom stereocenters. The summed E-state index contributed by atoms with van der Waals surface area (Å²) in [6, 6.07) is 29.7. The van der Waals surface area contributed by atoms with Crippen LogP contribution in [0.2, 0.25) is 0 Å². The van der Waals surface area contributed by atoms with Crippen molar-refractivity contribution in [3.8, 4) is 11.3 Å². The summed E-state index contributed by atoms with van der Waals surface area (Å²) >= 11 is 0. The second kappa shape index (κ2) is 13.0. The van der Waals surface area contributed by atoms with Gasteiger partial charge in [0, 0.05) is 42.2 Å². The number of hydroxylamine groups is 3. The van der Waals surface area contributed by atoms with E-state index in [0.717, 1.165) is 28.2 Å². The van der Waals surface area contributed by atoms with Gasteiger partial charge in [0.1, 0.15) is 6.54 Å². The lowest BCUT2D eigenvalue weighted by Crippen LogP contribution is -2.51. The van der Waals surface area contributed by atoms with Gasteiger partial charge in [0.2, 0.25) is 0 Å². The largest absolute Gasteiger partial charge is 0.632 e. The molecule has 0 aliphatic heterocycles. The summed E-state index contributed by atoms with van der Waals surface area (Å²) in [5.74, 6) is -0.143. The average molecular weight is 541 g/mol.